The molecule has 0 unspecified atom stereocenters. The van der Waals surface area contributed by atoms with Gasteiger partial charge in [-0.1, -0.05) is 0 Å². The fraction of sp³-hybridized carbons (Fsp3) is 0.0714. The first-order chi connectivity index (χ1) is 8.34. The first-order valence-electron chi connectivity index (χ1n) is 5.44. The molecule has 0 aromatic heterocycles. The Hall–Kier alpha value is -1.41. The number of aliphatic hydroxyl groups is 1. The predicted molar refractivity (Wildman–Crippen MR) is 74.3 cm³/mol. The fourth-order valence-electron chi connectivity index (χ4n) is 1.44. The van der Waals surface area contributed by atoms with E-state index in [0.717, 1.165) is 11.0 Å². The van der Waals surface area contributed by atoms with E-state index in [2.05, 4.69) is 17.4 Å². The van der Waals surface area contributed by atoms with Gasteiger partial charge in [0.05, 0.1) is 0 Å². The third-order valence-corrected chi connectivity index (χ3v) is 4.25. The monoisotopic (exact) mass is 293 g/mol. The average molecular weight is 292 g/mol. The van der Waals surface area contributed by atoms with Crippen LogP contribution in [0.25, 0.3) is 0 Å². The molecule has 0 aliphatic rings. The van der Waals surface area contributed by atoms with Crippen LogP contribution in [0.5, 0.6) is 0 Å². The number of nitrogens with one attached hydrogen (secondary N) is 1. The van der Waals surface area contributed by atoms with E-state index < -0.39 is 0 Å². The number of benzene rings is 2. The van der Waals surface area contributed by atoms with E-state index in [9.17, 15) is 5.11 Å². The first-order valence-corrected chi connectivity index (χ1v) is 7.70. The normalized spacial score (nSPS) is 11.7. The van der Waals surface area contributed by atoms with E-state index in [-0.39, 0.29) is 14.5 Å². The number of para-hydroxylation sites is 1. The second-order valence-electron chi connectivity index (χ2n) is 3.62. The van der Waals surface area contributed by atoms with Crippen LogP contribution >= 0.6 is 0 Å². The van der Waals surface area contributed by atoms with Gasteiger partial charge in [0.1, 0.15) is 0 Å². The van der Waals surface area contributed by atoms with Gasteiger partial charge >= 0.3 is 107 Å². The third-order valence-electron chi connectivity index (χ3n) is 2.28. The van der Waals surface area contributed by atoms with Crippen molar-refractivity contribution in [3.05, 3.63) is 66.2 Å². The number of hydrogen-bond acceptors (Lipinski definition) is 2. The Kier molecular flexibility index (Phi) is 4.51. The molecule has 0 radical (unpaired) electrons. The molecule has 0 saturated carbocycles. The van der Waals surface area contributed by atoms with Crippen molar-refractivity contribution in [3.63, 3.8) is 0 Å². The SMILES string of the molecule is OC(Nc1ccccc1)=[SeH]Cc1ccccc1. The second-order valence-corrected chi connectivity index (χ2v) is 5.83. The average Bonchev–Trinajstić information content (AvgIpc) is 2.39. The van der Waals surface area contributed by atoms with Crippen molar-refractivity contribution in [3.8, 4) is 0 Å². The van der Waals surface area contributed by atoms with Gasteiger partial charge in [0.25, 0.3) is 0 Å². The Morgan fingerprint density at radius 1 is 0.941 bits per heavy atom. The first kappa shape index (κ1) is 12.1. The molecule has 0 fully saturated rings. The number of rotatable bonds is 4. The van der Waals surface area contributed by atoms with Crippen molar-refractivity contribution in [2.24, 2.45) is 0 Å². The van der Waals surface area contributed by atoms with Gasteiger partial charge in [0.15, 0.2) is 0 Å². The van der Waals surface area contributed by atoms with Crippen LogP contribution in [0.15, 0.2) is 60.7 Å². The second kappa shape index (κ2) is 6.36. The fourth-order valence-corrected chi connectivity index (χ4v) is 3.02. The van der Waals surface area contributed by atoms with Crippen LogP contribution in [0, 0.1) is 0 Å². The summed E-state index contributed by atoms with van der Waals surface area (Å²) in [6, 6.07) is 20.0. The molecule has 0 bridgehead atoms. The van der Waals surface area contributed by atoms with Crippen molar-refractivity contribution in [2.45, 2.75) is 5.32 Å². The molecule has 2 rings (SSSR count). The van der Waals surface area contributed by atoms with Crippen LogP contribution < -0.4 is 5.32 Å². The Morgan fingerprint density at radius 2 is 1.53 bits per heavy atom. The van der Waals surface area contributed by atoms with Crippen molar-refractivity contribution < 1.29 is 5.11 Å². The Morgan fingerprint density at radius 3 is 2.18 bits per heavy atom. The van der Waals surface area contributed by atoms with E-state index >= 15 is 0 Å². The van der Waals surface area contributed by atoms with E-state index in [1.54, 1.807) is 0 Å². The molecule has 0 aliphatic heterocycles. The summed E-state index contributed by atoms with van der Waals surface area (Å²) in [5.74, 6) is 0. The summed E-state index contributed by atoms with van der Waals surface area (Å²) in [5.41, 5.74) is 2.21. The summed E-state index contributed by atoms with van der Waals surface area (Å²) in [7, 11) is 0. The third kappa shape index (κ3) is 4.16. The van der Waals surface area contributed by atoms with Gasteiger partial charge in [0, 0.05) is 0 Å². The molecule has 88 valence electrons. The summed E-state index contributed by atoms with van der Waals surface area (Å²) in [6.07, 6.45) is 0. The van der Waals surface area contributed by atoms with Gasteiger partial charge in [-0.3, -0.25) is 0 Å². The van der Waals surface area contributed by atoms with Crippen LogP contribution in [-0.2, 0) is 5.32 Å². The molecular weight excluding hydrogens is 277 g/mol. The summed E-state index contributed by atoms with van der Waals surface area (Å²) < 4.78 is 0.399. The molecule has 2 aromatic rings. The summed E-state index contributed by atoms with van der Waals surface area (Å²) in [5, 5.41) is 13.8. The van der Waals surface area contributed by atoms with Gasteiger partial charge in [0.2, 0.25) is 0 Å². The number of hydrogen-bond donors (Lipinski definition) is 2. The minimum absolute atomic E-state index is 0.233. The summed E-state index contributed by atoms with van der Waals surface area (Å²) in [6.45, 7) is 0. The zero-order valence-corrected chi connectivity index (χ0v) is 11.3. The standard InChI is InChI=1S/C14H15NOSe/c16-14(15-13-9-5-2-6-10-13)17-11-12-7-3-1-4-8-12/h1-10,15-17H,11H2. The molecule has 17 heavy (non-hydrogen) atoms. The summed E-state index contributed by atoms with van der Waals surface area (Å²) >= 11 is -0.233. The Bertz CT molecular complexity index is 482. The predicted octanol–water partition coefficient (Wildman–Crippen LogP) is 2.20. The van der Waals surface area contributed by atoms with Crippen LogP contribution in [-0.4, -0.2) is 24.4 Å². The van der Waals surface area contributed by atoms with E-state index in [1.165, 1.54) is 5.56 Å². The van der Waals surface area contributed by atoms with Crippen molar-refractivity contribution >= 4 is 24.9 Å². The van der Waals surface area contributed by atoms with Crippen LogP contribution in [0.4, 0.5) is 5.69 Å². The molecule has 2 nitrogen and oxygen atoms in total. The van der Waals surface area contributed by atoms with Crippen molar-refractivity contribution in [1.29, 1.82) is 0 Å². The molecule has 2 aromatic carbocycles. The molecule has 0 atom stereocenters. The van der Waals surface area contributed by atoms with E-state index in [1.807, 2.05) is 48.5 Å². The van der Waals surface area contributed by atoms with Gasteiger partial charge < -0.3 is 0 Å². The maximum atomic E-state index is 9.81. The molecule has 2 N–H and O–H groups in total. The van der Waals surface area contributed by atoms with E-state index in [0.29, 0.717) is 4.73 Å². The van der Waals surface area contributed by atoms with Crippen LogP contribution in [0.2, 0.25) is 0 Å². The molecule has 3 heteroatoms. The Labute approximate surface area is 107 Å². The molecule has 0 saturated heterocycles. The van der Waals surface area contributed by atoms with Gasteiger partial charge in [-0.05, 0) is 0 Å². The van der Waals surface area contributed by atoms with Gasteiger partial charge in [-0.25, -0.2) is 0 Å². The Balaban J connectivity index is 1.94. The maximum absolute atomic E-state index is 9.81. The molecule has 0 heterocycles. The van der Waals surface area contributed by atoms with Crippen molar-refractivity contribution in [2.75, 3.05) is 5.32 Å². The number of anilines is 1. The zero-order valence-electron chi connectivity index (χ0n) is 9.38. The van der Waals surface area contributed by atoms with E-state index in [4.69, 9.17) is 0 Å². The van der Waals surface area contributed by atoms with Gasteiger partial charge in [-0.2, -0.15) is 0 Å². The van der Waals surface area contributed by atoms with Crippen LogP contribution in [0.1, 0.15) is 5.56 Å². The van der Waals surface area contributed by atoms with Crippen molar-refractivity contribution in [1.82, 2.24) is 0 Å². The number of aliphatic hydroxyl groups excluding tert-OH is 1. The molecule has 0 amide bonds. The minimum atomic E-state index is -0.233. The summed E-state index contributed by atoms with van der Waals surface area (Å²) in [4.78, 5) is 0. The molecular formula is C14H15NOSe. The zero-order chi connectivity index (χ0) is 11.9. The molecule has 0 aliphatic carbocycles. The quantitative estimate of drug-likeness (QED) is 0.847. The molecule has 0 spiro atoms. The van der Waals surface area contributed by atoms with Gasteiger partial charge in [-0.15, -0.1) is 0 Å². The topological polar surface area (TPSA) is 32.3 Å². The van der Waals surface area contributed by atoms with Crippen LogP contribution in [0.3, 0.4) is 0 Å².